The molecule has 1 unspecified atom stereocenters. The van der Waals surface area contributed by atoms with Gasteiger partial charge in [-0.1, -0.05) is 35.0 Å². The highest BCUT2D eigenvalue weighted by Crippen LogP contribution is 2.22. The minimum atomic E-state index is -0.148. The van der Waals surface area contributed by atoms with Gasteiger partial charge in [0.25, 0.3) is 0 Å². The van der Waals surface area contributed by atoms with E-state index in [1.807, 2.05) is 37.5 Å². The first kappa shape index (κ1) is 11.1. The molecular formula is C11H13ClN4. The fourth-order valence-corrected chi connectivity index (χ4v) is 1.88. The van der Waals surface area contributed by atoms with E-state index in [9.17, 15) is 0 Å². The monoisotopic (exact) mass is 236 g/mol. The summed E-state index contributed by atoms with van der Waals surface area (Å²) < 4.78 is 1.66. The summed E-state index contributed by atoms with van der Waals surface area (Å²) >= 11 is 6.07. The summed E-state index contributed by atoms with van der Waals surface area (Å²) in [6.45, 7) is 0. The number of nitrogens with zero attached hydrogens (tertiary/aromatic N) is 3. The number of halogens is 1. The van der Waals surface area contributed by atoms with E-state index in [0.29, 0.717) is 11.4 Å². The number of nitrogens with two attached hydrogens (primary N) is 1. The standard InChI is InChI=1S/C11H13ClN4/c1-16-7-8(14-15-16)6-11(13)9-4-2-3-5-10(9)12/h2-5,7,11H,6,13H2,1H3. The van der Waals surface area contributed by atoms with Crippen molar-refractivity contribution in [3.05, 3.63) is 46.7 Å². The van der Waals surface area contributed by atoms with E-state index in [1.54, 1.807) is 4.68 Å². The Balaban J connectivity index is 2.14. The van der Waals surface area contributed by atoms with E-state index >= 15 is 0 Å². The first-order chi connectivity index (χ1) is 7.66. The zero-order valence-corrected chi connectivity index (χ0v) is 9.72. The highest BCUT2D eigenvalue weighted by Gasteiger charge is 2.12. The molecule has 0 saturated heterocycles. The molecule has 4 nitrogen and oxygen atoms in total. The fourth-order valence-electron chi connectivity index (χ4n) is 1.60. The first-order valence-corrected chi connectivity index (χ1v) is 5.40. The van der Waals surface area contributed by atoms with Gasteiger partial charge in [-0.25, -0.2) is 0 Å². The molecule has 16 heavy (non-hydrogen) atoms. The second kappa shape index (κ2) is 4.63. The summed E-state index contributed by atoms with van der Waals surface area (Å²) in [5, 5.41) is 8.56. The van der Waals surface area contributed by atoms with Crippen molar-refractivity contribution in [2.45, 2.75) is 12.5 Å². The van der Waals surface area contributed by atoms with Crippen LogP contribution in [0.4, 0.5) is 0 Å². The molecule has 5 heteroatoms. The second-order valence-corrected chi connectivity index (χ2v) is 4.12. The van der Waals surface area contributed by atoms with Gasteiger partial charge < -0.3 is 5.73 Å². The van der Waals surface area contributed by atoms with Crippen LogP contribution < -0.4 is 5.73 Å². The Morgan fingerprint density at radius 3 is 2.81 bits per heavy atom. The van der Waals surface area contributed by atoms with Crippen molar-refractivity contribution in [2.24, 2.45) is 12.8 Å². The molecule has 2 aromatic rings. The van der Waals surface area contributed by atoms with Crippen LogP contribution in [-0.4, -0.2) is 15.0 Å². The van der Waals surface area contributed by atoms with Gasteiger partial charge in [0.15, 0.2) is 0 Å². The summed E-state index contributed by atoms with van der Waals surface area (Å²) in [5.74, 6) is 0. The van der Waals surface area contributed by atoms with Crippen LogP contribution in [0.2, 0.25) is 5.02 Å². The number of hydrogen-bond donors (Lipinski definition) is 1. The van der Waals surface area contributed by atoms with Crippen LogP contribution in [0.1, 0.15) is 17.3 Å². The summed E-state index contributed by atoms with van der Waals surface area (Å²) in [7, 11) is 1.83. The van der Waals surface area contributed by atoms with Gasteiger partial charge in [-0.15, -0.1) is 5.10 Å². The topological polar surface area (TPSA) is 56.7 Å². The molecule has 0 saturated carbocycles. The molecule has 2 N–H and O–H groups in total. The lowest BCUT2D eigenvalue weighted by Gasteiger charge is -2.11. The van der Waals surface area contributed by atoms with Crippen molar-refractivity contribution in [1.82, 2.24) is 15.0 Å². The van der Waals surface area contributed by atoms with Crippen molar-refractivity contribution in [3.8, 4) is 0 Å². The normalized spacial score (nSPS) is 12.7. The lowest BCUT2D eigenvalue weighted by atomic mass is 10.0. The third-order valence-corrected chi connectivity index (χ3v) is 2.73. The van der Waals surface area contributed by atoms with E-state index in [2.05, 4.69) is 10.3 Å². The van der Waals surface area contributed by atoms with Gasteiger partial charge in [-0.05, 0) is 11.6 Å². The quantitative estimate of drug-likeness (QED) is 0.883. The Labute approximate surface area is 99.0 Å². The van der Waals surface area contributed by atoms with Crippen molar-refractivity contribution < 1.29 is 0 Å². The number of benzene rings is 1. The predicted octanol–water partition coefficient (Wildman–Crippen LogP) is 1.71. The molecule has 0 bridgehead atoms. The van der Waals surface area contributed by atoms with Crippen LogP contribution in [-0.2, 0) is 13.5 Å². The molecule has 0 radical (unpaired) electrons. The molecule has 0 fully saturated rings. The fraction of sp³-hybridized carbons (Fsp3) is 0.273. The van der Waals surface area contributed by atoms with Crippen LogP contribution >= 0.6 is 11.6 Å². The van der Waals surface area contributed by atoms with Crippen molar-refractivity contribution in [1.29, 1.82) is 0 Å². The Hall–Kier alpha value is -1.39. The van der Waals surface area contributed by atoms with E-state index in [1.165, 1.54) is 0 Å². The minimum Gasteiger partial charge on any atom is -0.324 e. The molecule has 0 aliphatic carbocycles. The molecule has 0 spiro atoms. The van der Waals surface area contributed by atoms with Gasteiger partial charge in [0.1, 0.15) is 0 Å². The Morgan fingerprint density at radius 1 is 1.44 bits per heavy atom. The van der Waals surface area contributed by atoms with Crippen LogP contribution in [0.3, 0.4) is 0 Å². The van der Waals surface area contributed by atoms with Crippen molar-refractivity contribution in [2.75, 3.05) is 0 Å². The van der Waals surface area contributed by atoms with E-state index in [-0.39, 0.29) is 6.04 Å². The molecule has 0 aliphatic heterocycles. The lowest BCUT2D eigenvalue weighted by Crippen LogP contribution is -2.14. The summed E-state index contributed by atoms with van der Waals surface area (Å²) in [5.41, 5.74) is 7.89. The van der Waals surface area contributed by atoms with Gasteiger partial charge in [0.05, 0.1) is 5.69 Å². The SMILES string of the molecule is Cn1cc(CC(N)c2ccccc2Cl)nn1. The summed E-state index contributed by atoms with van der Waals surface area (Å²) in [6, 6.07) is 7.44. The molecule has 1 heterocycles. The largest absolute Gasteiger partial charge is 0.324 e. The van der Waals surface area contributed by atoms with Crippen LogP contribution in [0.5, 0.6) is 0 Å². The third kappa shape index (κ3) is 2.40. The maximum atomic E-state index is 6.08. The van der Waals surface area contributed by atoms with Crippen LogP contribution in [0, 0.1) is 0 Å². The third-order valence-electron chi connectivity index (χ3n) is 2.38. The molecule has 1 atom stereocenters. The second-order valence-electron chi connectivity index (χ2n) is 3.72. The van der Waals surface area contributed by atoms with Crippen molar-refractivity contribution in [3.63, 3.8) is 0 Å². The smallest absolute Gasteiger partial charge is 0.0845 e. The maximum absolute atomic E-state index is 6.08. The number of aryl methyl sites for hydroxylation is 1. The van der Waals surface area contributed by atoms with Crippen LogP contribution in [0.15, 0.2) is 30.5 Å². The predicted molar refractivity (Wildman–Crippen MR) is 63.1 cm³/mol. The Morgan fingerprint density at radius 2 is 2.19 bits per heavy atom. The highest BCUT2D eigenvalue weighted by atomic mass is 35.5. The highest BCUT2D eigenvalue weighted by molar-refractivity contribution is 6.31. The van der Waals surface area contributed by atoms with Gasteiger partial charge in [0, 0.05) is 30.7 Å². The van der Waals surface area contributed by atoms with Crippen molar-refractivity contribution >= 4 is 11.6 Å². The zero-order valence-electron chi connectivity index (χ0n) is 8.97. The van der Waals surface area contributed by atoms with Gasteiger partial charge >= 0.3 is 0 Å². The van der Waals surface area contributed by atoms with Crippen LogP contribution in [0.25, 0.3) is 0 Å². The van der Waals surface area contributed by atoms with E-state index in [4.69, 9.17) is 17.3 Å². The maximum Gasteiger partial charge on any atom is 0.0845 e. The number of aromatic nitrogens is 3. The minimum absolute atomic E-state index is 0.148. The first-order valence-electron chi connectivity index (χ1n) is 5.02. The number of hydrogen-bond acceptors (Lipinski definition) is 3. The number of rotatable bonds is 3. The average Bonchev–Trinajstić information content (AvgIpc) is 2.64. The average molecular weight is 237 g/mol. The summed E-state index contributed by atoms with van der Waals surface area (Å²) in [6.07, 6.45) is 2.49. The molecule has 84 valence electrons. The van der Waals surface area contributed by atoms with E-state index < -0.39 is 0 Å². The Bertz CT molecular complexity index is 480. The van der Waals surface area contributed by atoms with Gasteiger partial charge in [-0.2, -0.15) is 0 Å². The molecule has 0 aliphatic rings. The summed E-state index contributed by atoms with van der Waals surface area (Å²) in [4.78, 5) is 0. The van der Waals surface area contributed by atoms with Gasteiger partial charge in [-0.3, -0.25) is 4.68 Å². The zero-order chi connectivity index (χ0) is 11.5. The molecule has 1 aromatic carbocycles. The van der Waals surface area contributed by atoms with E-state index in [0.717, 1.165) is 11.3 Å². The molecular weight excluding hydrogens is 224 g/mol. The Kier molecular flexibility index (Phi) is 3.22. The lowest BCUT2D eigenvalue weighted by molar-refractivity contribution is 0.694. The molecule has 1 aromatic heterocycles. The van der Waals surface area contributed by atoms with Gasteiger partial charge in [0.2, 0.25) is 0 Å². The molecule has 2 rings (SSSR count). The molecule has 0 amide bonds.